The quantitative estimate of drug-likeness (QED) is 0.759. The van der Waals surface area contributed by atoms with Crippen molar-refractivity contribution in [1.82, 2.24) is 10.2 Å². The van der Waals surface area contributed by atoms with Crippen molar-refractivity contribution in [2.24, 2.45) is 0 Å². The second-order valence-electron chi connectivity index (χ2n) is 6.36. The van der Waals surface area contributed by atoms with Crippen molar-refractivity contribution >= 4 is 5.97 Å². The summed E-state index contributed by atoms with van der Waals surface area (Å²) in [5.74, 6) is -0.0391. The largest absolute Gasteiger partial charge is 0.465 e. The average Bonchev–Trinajstić information content (AvgIpc) is 3.03. The summed E-state index contributed by atoms with van der Waals surface area (Å²) in [4.78, 5) is 15.0. The summed E-state index contributed by atoms with van der Waals surface area (Å²) in [6.07, 6.45) is 6.58. The fourth-order valence-electron chi connectivity index (χ4n) is 3.85. The monoisotopic (exact) mass is 282 g/mol. The second-order valence-corrected chi connectivity index (χ2v) is 6.36. The predicted molar refractivity (Wildman–Crippen MR) is 80.7 cm³/mol. The summed E-state index contributed by atoms with van der Waals surface area (Å²) >= 11 is 0. The van der Waals surface area contributed by atoms with Gasteiger partial charge in [-0.25, -0.2) is 0 Å². The maximum absolute atomic E-state index is 12.4. The fourth-order valence-corrected chi connectivity index (χ4v) is 3.85. The molecule has 1 saturated carbocycles. The Bertz CT molecular complexity index is 334. The molecule has 0 spiro atoms. The Kier molecular flexibility index (Phi) is 5.44. The van der Waals surface area contributed by atoms with E-state index in [2.05, 4.69) is 24.1 Å². The van der Waals surface area contributed by atoms with Gasteiger partial charge in [-0.1, -0.05) is 6.92 Å². The van der Waals surface area contributed by atoms with E-state index >= 15 is 0 Å². The smallest absolute Gasteiger partial charge is 0.326 e. The van der Waals surface area contributed by atoms with Crippen LogP contribution in [0.15, 0.2) is 0 Å². The molecule has 2 rings (SSSR count). The van der Waals surface area contributed by atoms with Crippen LogP contribution in [0.1, 0.15) is 59.3 Å². The van der Waals surface area contributed by atoms with Crippen LogP contribution in [0.4, 0.5) is 0 Å². The van der Waals surface area contributed by atoms with E-state index in [1.807, 2.05) is 6.92 Å². The van der Waals surface area contributed by atoms with E-state index in [0.29, 0.717) is 18.7 Å². The first-order valence-corrected chi connectivity index (χ1v) is 8.31. The Morgan fingerprint density at radius 1 is 1.40 bits per heavy atom. The molecule has 0 radical (unpaired) electrons. The number of carbonyl (C=O) groups excluding carboxylic acids is 1. The van der Waals surface area contributed by atoms with Gasteiger partial charge in [0.05, 0.1) is 6.61 Å². The van der Waals surface area contributed by atoms with E-state index in [9.17, 15) is 4.79 Å². The minimum Gasteiger partial charge on any atom is -0.465 e. The third-order valence-electron chi connectivity index (χ3n) is 4.94. The van der Waals surface area contributed by atoms with Crippen LogP contribution in [0, 0.1) is 0 Å². The van der Waals surface area contributed by atoms with Gasteiger partial charge in [-0.15, -0.1) is 0 Å². The molecule has 1 aliphatic carbocycles. The lowest BCUT2D eigenvalue weighted by Crippen LogP contribution is -2.52. The zero-order valence-electron chi connectivity index (χ0n) is 13.3. The van der Waals surface area contributed by atoms with Crippen molar-refractivity contribution in [3.8, 4) is 0 Å². The highest BCUT2D eigenvalue weighted by molar-refractivity contribution is 5.81. The number of hydrogen-bond donors (Lipinski definition) is 1. The van der Waals surface area contributed by atoms with Crippen LogP contribution >= 0.6 is 0 Å². The van der Waals surface area contributed by atoms with Gasteiger partial charge in [0.15, 0.2) is 0 Å². The Morgan fingerprint density at radius 3 is 2.80 bits per heavy atom. The Hall–Kier alpha value is -0.610. The van der Waals surface area contributed by atoms with Crippen molar-refractivity contribution in [1.29, 1.82) is 0 Å². The molecule has 1 aliphatic heterocycles. The number of likely N-dealkylation sites (tertiary alicyclic amines) is 1. The van der Waals surface area contributed by atoms with Gasteiger partial charge < -0.3 is 10.1 Å². The second kappa shape index (κ2) is 6.90. The molecule has 20 heavy (non-hydrogen) atoms. The van der Waals surface area contributed by atoms with Crippen molar-refractivity contribution in [3.05, 3.63) is 0 Å². The van der Waals surface area contributed by atoms with Gasteiger partial charge >= 0.3 is 5.97 Å². The fraction of sp³-hybridized carbons (Fsp3) is 0.938. The minimum atomic E-state index is -0.432. The van der Waals surface area contributed by atoms with Crippen LogP contribution in [0.3, 0.4) is 0 Å². The highest BCUT2D eigenvalue weighted by Gasteiger charge is 2.48. The molecular formula is C16H30N2O2. The lowest BCUT2D eigenvalue weighted by molar-refractivity contribution is -0.151. The van der Waals surface area contributed by atoms with Gasteiger partial charge in [0.25, 0.3) is 0 Å². The maximum atomic E-state index is 12.4. The van der Waals surface area contributed by atoms with Crippen LogP contribution in [-0.4, -0.2) is 48.2 Å². The highest BCUT2D eigenvalue weighted by atomic mass is 16.5. The average molecular weight is 282 g/mol. The topological polar surface area (TPSA) is 41.6 Å². The number of hydrogen-bond acceptors (Lipinski definition) is 4. The number of rotatable bonds is 6. The summed E-state index contributed by atoms with van der Waals surface area (Å²) in [5, 5.41) is 3.50. The van der Waals surface area contributed by atoms with Crippen LogP contribution in [0.25, 0.3) is 0 Å². The number of nitrogens with zero attached hydrogens (tertiary/aromatic N) is 1. The zero-order valence-corrected chi connectivity index (χ0v) is 13.3. The molecule has 0 aromatic rings. The summed E-state index contributed by atoms with van der Waals surface area (Å²) in [5.41, 5.74) is -0.432. The van der Waals surface area contributed by atoms with E-state index < -0.39 is 5.54 Å². The number of carbonyl (C=O) groups is 1. The summed E-state index contributed by atoms with van der Waals surface area (Å²) in [6, 6.07) is 1.21. The van der Waals surface area contributed by atoms with Crippen molar-refractivity contribution in [2.45, 2.75) is 76.9 Å². The molecular weight excluding hydrogens is 252 g/mol. The third kappa shape index (κ3) is 3.17. The first kappa shape index (κ1) is 15.8. The molecule has 116 valence electrons. The third-order valence-corrected chi connectivity index (χ3v) is 4.94. The molecule has 1 saturated heterocycles. The molecule has 0 aromatic heterocycles. The first-order valence-electron chi connectivity index (χ1n) is 8.31. The van der Waals surface area contributed by atoms with Crippen molar-refractivity contribution in [3.63, 3.8) is 0 Å². The van der Waals surface area contributed by atoms with Gasteiger partial charge in [0.1, 0.15) is 5.54 Å². The van der Waals surface area contributed by atoms with Crippen LogP contribution in [-0.2, 0) is 9.53 Å². The predicted octanol–water partition coefficient (Wildman–Crippen LogP) is 2.32. The summed E-state index contributed by atoms with van der Waals surface area (Å²) in [7, 11) is 0. The molecule has 3 unspecified atom stereocenters. The van der Waals surface area contributed by atoms with E-state index in [-0.39, 0.29) is 5.97 Å². The minimum absolute atomic E-state index is 0.0391. The molecule has 4 nitrogen and oxygen atoms in total. The van der Waals surface area contributed by atoms with Crippen LogP contribution < -0.4 is 5.32 Å². The van der Waals surface area contributed by atoms with Crippen molar-refractivity contribution in [2.75, 3.05) is 19.7 Å². The first-order chi connectivity index (χ1) is 9.63. The Balaban J connectivity index is 2.04. The normalized spacial score (nSPS) is 34.5. The van der Waals surface area contributed by atoms with Crippen LogP contribution in [0.5, 0.6) is 0 Å². The number of esters is 1. The van der Waals surface area contributed by atoms with E-state index in [1.54, 1.807) is 0 Å². The van der Waals surface area contributed by atoms with Crippen LogP contribution in [0.2, 0.25) is 0 Å². The number of ether oxygens (including phenoxy) is 1. The molecule has 2 aliphatic rings. The SMILES string of the molecule is CCCNC1(C(=O)OCC)CCC(N2CCCC2C)C1. The van der Waals surface area contributed by atoms with E-state index in [4.69, 9.17) is 4.74 Å². The van der Waals surface area contributed by atoms with Gasteiger partial charge in [-0.05, 0) is 65.5 Å². The molecule has 0 amide bonds. The van der Waals surface area contributed by atoms with E-state index in [1.165, 1.54) is 19.4 Å². The summed E-state index contributed by atoms with van der Waals surface area (Å²) < 4.78 is 5.34. The maximum Gasteiger partial charge on any atom is 0.326 e. The molecule has 1 heterocycles. The number of nitrogens with one attached hydrogen (secondary N) is 1. The van der Waals surface area contributed by atoms with E-state index in [0.717, 1.165) is 32.2 Å². The summed E-state index contributed by atoms with van der Waals surface area (Å²) in [6.45, 7) is 8.90. The molecule has 2 fully saturated rings. The lowest BCUT2D eigenvalue weighted by atomic mass is 9.96. The Morgan fingerprint density at radius 2 is 2.20 bits per heavy atom. The van der Waals surface area contributed by atoms with Crippen molar-refractivity contribution < 1.29 is 9.53 Å². The Labute approximate surface area is 123 Å². The highest BCUT2D eigenvalue weighted by Crippen LogP contribution is 2.37. The molecule has 1 N–H and O–H groups in total. The lowest BCUT2D eigenvalue weighted by Gasteiger charge is -2.32. The van der Waals surface area contributed by atoms with Gasteiger partial charge in [0, 0.05) is 12.1 Å². The molecule has 0 aromatic carbocycles. The van der Waals surface area contributed by atoms with Gasteiger partial charge in [-0.3, -0.25) is 9.69 Å². The zero-order chi connectivity index (χ0) is 14.6. The molecule has 4 heteroatoms. The van der Waals surface area contributed by atoms with Gasteiger partial charge in [0.2, 0.25) is 0 Å². The molecule has 0 bridgehead atoms. The molecule has 3 atom stereocenters. The van der Waals surface area contributed by atoms with Gasteiger partial charge in [-0.2, -0.15) is 0 Å². The standard InChI is InChI=1S/C16H30N2O2/c1-4-10-17-16(15(19)20-5-2)9-8-14(12-16)18-11-6-7-13(18)3/h13-14,17H,4-12H2,1-3H3.